The molecule has 2 amide bonds. The van der Waals surface area contributed by atoms with Crippen LogP contribution in [0.15, 0.2) is 72.8 Å². The number of rotatable bonds is 13. The van der Waals surface area contributed by atoms with Crippen LogP contribution in [-0.4, -0.2) is 50.5 Å². The fourth-order valence-electron chi connectivity index (χ4n) is 4.20. The standard InChI is InChI=1S/C30H35ClFN3O4S/c1-4-5-17-33-30(37)28(18-23-9-7-6-8-10-23)34(20-24-13-11-22(2)12-14-24)29(36)21-35(40(3,38)39)25-15-16-27(32)26(31)19-25/h6-16,19,28H,4-5,17-18,20-21H2,1-3H3,(H,33,37)/t28-/m1/s1. The number of carbonyl (C=O) groups excluding carboxylic acids is 2. The second-order valence-corrected chi connectivity index (χ2v) is 12.0. The normalized spacial score (nSPS) is 12.0. The first-order valence-corrected chi connectivity index (χ1v) is 15.3. The Morgan fingerprint density at radius 1 is 1.00 bits per heavy atom. The number of benzene rings is 3. The smallest absolute Gasteiger partial charge is 0.244 e. The van der Waals surface area contributed by atoms with E-state index >= 15 is 0 Å². The van der Waals surface area contributed by atoms with Crippen LogP contribution in [0.1, 0.15) is 36.5 Å². The Hall–Kier alpha value is -3.43. The van der Waals surface area contributed by atoms with E-state index in [4.69, 9.17) is 11.6 Å². The molecule has 0 spiro atoms. The molecule has 3 aromatic rings. The number of nitrogens with zero attached hydrogens (tertiary/aromatic N) is 2. The Bertz CT molecular complexity index is 1400. The van der Waals surface area contributed by atoms with E-state index in [1.807, 2.05) is 68.4 Å². The zero-order valence-corrected chi connectivity index (χ0v) is 24.5. The molecule has 1 atom stereocenters. The quantitative estimate of drug-likeness (QED) is 0.282. The van der Waals surface area contributed by atoms with Crippen molar-refractivity contribution in [2.75, 3.05) is 23.7 Å². The highest BCUT2D eigenvalue weighted by atomic mass is 35.5. The van der Waals surface area contributed by atoms with E-state index in [0.29, 0.717) is 6.54 Å². The van der Waals surface area contributed by atoms with E-state index in [1.165, 1.54) is 11.0 Å². The molecule has 0 bridgehead atoms. The van der Waals surface area contributed by atoms with Crippen molar-refractivity contribution in [3.63, 3.8) is 0 Å². The third-order valence-corrected chi connectivity index (χ3v) is 7.87. The number of amides is 2. The number of nitrogens with one attached hydrogen (secondary N) is 1. The molecule has 0 saturated heterocycles. The van der Waals surface area contributed by atoms with Crippen molar-refractivity contribution in [1.29, 1.82) is 0 Å². The van der Waals surface area contributed by atoms with Gasteiger partial charge in [-0.2, -0.15) is 0 Å². The number of carbonyl (C=O) groups is 2. The Labute approximate surface area is 241 Å². The summed E-state index contributed by atoms with van der Waals surface area (Å²) in [5.74, 6) is -1.62. The molecule has 7 nitrogen and oxygen atoms in total. The molecular formula is C30H35ClFN3O4S. The molecule has 1 N–H and O–H groups in total. The van der Waals surface area contributed by atoms with Crippen LogP contribution in [0, 0.1) is 12.7 Å². The van der Waals surface area contributed by atoms with Crippen molar-refractivity contribution >= 4 is 39.1 Å². The summed E-state index contributed by atoms with van der Waals surface area (Å²) in [7, 11) is -3.97. The van der Waals surface area contributed by atoms with Gasteiger partial charge >= 0.3 is 0 Å². The second-order valence-electron chi connectivity index (χ2n) is 9.73. The predicted octanol–water partition coefficient (Wildman–Crippen LogP) is 5.11. The molecule has 10 heteroatoms. The van der Waals surface area contributed by atoms with Gasteiger partial charge in [0.2, 0.25) is 21.8 Å². The lowest BCUT2D eigenvalue weighted by Crippen LogP contribution is -2.53. The molecule has 0 fully saturated rings. The van der Waals surface area contributed by atoms with Gasteiger partial charge in [0.05, 0.1) is 17.0 Å². The van der Waals surface area contributed by atoms with E-state index < -0.39 is 34.3 Å². The van der Waals surface area contributed by atoms with Crippen molar-refractivity contribution in [3.05, 3.63) is 100 Å². The average Bonchev–Trinajstić information content (AvgIpc) is 2.92. The maximum Gasteiger partial charge on any atom is 0.244 e. The third-order valence-electron chi connectivity index (χ3n) is 6.44. The van der Waals surface area contributed by atoms with Crippen LogP contribution in [0.3, 0.4) is 0 Å². The minimum absolute atomic E-state index is 0.0459. The van der Waals surface area contributed by atoms with E-state index in [-0.39, 0.29) is 29.6 Å². The molecule has 3 aromatic carbocycles. The predicted molar refractivity (Wildman–Crippen MR) is 157 cm³/mol. The van der Waals surface area contributed by atoms with Gasteiger partial charge in [0.25, 0.3) is 0 Å². The van der Waals surface area contributed by atoms with Crippen LogP contribution in [0.2, 0.25) is 5.02 Å². The molecular weight excluding hydrogens is 553 g/mol. The zero-order valence-electron chi connectivity index (χ0n) is 22.9. The van der Waals surface area contributed by atoms with Crippen LogP contribution in [-0.2, 0) is 32.6 Å². The van der Waals surface area contributed by atoms with Crippen molar-refractivity contribution in [1.82, 2.24) is 10.2 Å². The Balaban J connectivity index is 2.03. The van der Waals surface area contributed by atoms with E-state index in [2.05, 4.69) is 5.32 Å². The first-order chi connectivity index (χ1) is 19.0. The van der Waals surface area contributed by atoms with Crippen LogP contribution in [0.5, 0.6) is 0 Å². The van der Waals surface area contributed by atoms with E-state index in [0.717, 1.165) is 52.2 Å². The second kappa shape index (κ2) is 14.3. The lowest BCUT2D eigenvalue weighted by Gasteiger charge is -2.33. The maximum atomic E-state index is 14.0. The van der Waals surface area contributed by atoms with Gasteiger partial charge in [-0.3, -0.25) is 13.9 Å². The van der Waals surface area contributed by atoms with Gasteiger partial charge in [0, 0.05) is 19.5 Å². The largest absolute Gasteiger partial charge is 0.354 e. The Kier molecular flexibility index (Phi) is 11.1. The molecule has 0 aliphatic heterocycles. The maximum absolute atomic E-state index is 14.0. The average molecular weight is 588 g/mol. The summed E-state index contributed by atoms with van der Waals surface area (Å²) in [5, 5.41) is 2.67. The molecule has 0 unspecified atom stereocenters. The molecule has 214 valence electrons. The minimum Gasteiger partial charge on any atom is -0.354 e. The van der Waals surface area contributed by atoms with Crippen molar-refractivity contribution in [2.45, 2.75) is 45.7 Å². The SMILES string of the molecule is CCCCNC(=O)[C@@H](Cc1ccccc1)N(Cc1ccc(C)cc1)C(=O)CN(c1ccc(F)c(Cl)c1)S(C)(=O)=O. The first-order valence-electron chi connectivity index (χ1n) is 13.1. The monoisotopic (exact) mass is 587 g/mol. The van der Waals surface area contributed by atoms with Gasteiger partial charge in [-0.05, 0) is 42.7 Å². The first kappa shape index (κ1) is 31.1. The summed E-state index contributed by atoms with van der Waals surface area (Å²) in [6.45, 7) is 3.91. The Morgan fingerprint density at radius 3 is 2.27 bits per heavy atom. The van der Waals surface area contributed by atoms with Gasteiger partial charge in [-0.1, -0.05) is 85.1 Å². The summed E-state index contributed by atoms with van der Waals surface area (Å²) in [4.78, 5) is 29.0. The van der Waals surface area contributed by atoms with Gasteiger partial charge in [0.1, 0.15) is 18.4 Å². The summed E-state index contributed by atoms with van der Waals surface area (Å²) in [5.41, 5.74) is 2.72. The van der Waals surface area contributed by atoms with E-state index in [1.54, 1.807) is 0 Å². The van der Waals surface area contributed by atoms with Crippen LogP contribution in [0.4, 0.5) is 10.1 Å². The highest BCUT2D eigenvalue weighted by molar-refractivity contribution is 7.92. The topological polar surface area (TPSA) is 86.8 Å². The fourth-order valence-corrected chi connectivity index (χ4v) is 5.22. The molecule has 0 heterocycles. The lowest BCUT2D eigenvalue weighted by molar-refractivity contribution is -0.140. The summed E-state index contributed by atoms with van der Waals surface area (Å²) >= 11 is 5.93. The highest BCUT2D eigenvalue weighted by Crippen LogP contribution is 2.25. The minimum atomic E-state index is -3.97. The van der Waals surface area contributed by atoms with Crippen LogP contribution >= 0.6 is 11.6 Å². The number of unbranched alkanes of at least 4 members (excludes halogenated alkanes) is 1. The van der Waals surface area contributed by atoms with Gasteiger partial charge in [0.15, 0.2) is 0 Å². The molecule has 40 heavy (non-hydrogen) atoms. The highest BCUT2D eigenvalue weighted by Gasteiger charge is 2.33. The molecule has 0 aliphatic rings. The van der Waals surface area contributed by atoms with Crippen LogP contribution in [0.25, 0.3) is 0 Å². The lowest BCUT2D eigenvalue weighted by atomic mass is 10.0. The number of halogens is 2. The molecule has 0 aromatic heterocycles. The molecule has 0 radical (unpaired) electrons. The molecule has 0 aliphatic carbocycles. The van der Waals surface area contributed by atoms with Gasteiger partial charge in [-0.25, -0.2) is 12.8 Å². The number of aryl methyl sites for hydroxylation is 1. The number of anilines is 1. The number of hydrogen-bond donors (Lipinski definition) is 1. The van der Waals surface area contributed by atoms with E-state index in [9.17, 15) is 22.4 Å². The van der Waals surface area contributed by atoms with Crippen molar-refractivity contribution in [2.24, 2.45) is 0 Å². The van der Waals surface area contributed by atoms with Crippen molar-refractivity contribution < 1.29 is 22.4 Å². The summed E-state index contributed by atoms with van der Waals surface area (Å²) in [6, 6.07) is 19.5. The third kappa shape index (κ3) is 8.79. The van der Waals surface area contributed by atoms with Crippen molar-refractivity contribution in [3.8, 4) is 0 Å². The van der Waals surface area contributed by atoms with Gasteiger partial charge in [-0.15, -0.1) is 0 Å². The number of sulfonamides is 1. The zero-order chi connectivity index (χ0) is 29.3. The molecule has 0 saturated carbocycles. The number of hydrogen-bond acceptors (Lipinski definition) is 4. The molecule has 3 rings (SSSR count). The fraction of sp³-hybridized carbons (Fsp3) is 0.333. The Morgan fingerprint density at radius 2 is 1.68 bits per heavy atom. The van der Waals surface area contributed by atoms with Gasteiger partial charge < -0.3 is 10.2 Å². The summed E-state index contributed by atoms with van der Waals surface area (Å²) < 4.78 is 40.3. The van der Waals surface area contributed by atoms with Crippen LogP contribution < -0.4 is 9.62 Å². The summed E-state index contributed by atoms with van der Waals surface area (Å²) in [6.07, 6.45) is 2.86.